The first-order chi connectivity index (χ1) is 8.27. The van der Waals surface area contributed by atoms with E-state index in [1.807, 2.05) is 0 Å². The zero-order chi connectivity index (χ0) is 12.1. The zero-order valence-electron chi connectivity index (χ0n) is 11.1. The summed E-state index contributed by atoms with van der Waals surface area (Å²) in [5, 5.41) is 3.51. The third kappa shape index (κ3) is 3.47. The first-order valence-electron chi connectivity index (χ1n) is 6.83. The molecule has 1 N–H and O–H groups in total. The van der Waals surface area contributed by atoms with E-state index >= 15 is 0 Å². The minimum atomic E-state index is 0.546. The summed E-state index contributed by atoms with van der Waals surface area (Å²) < 4.78 is 0. The average Bonchev–Trinajstić information content (AvgIpc) is 2.38. The fraction of sp³-hybridized carbons (Fsp3) is 0.600. The van der Waals surface area contributed by atoms with Crippen molar-refractivity contribution in [2.24, 2.45) is 0 Å². The molecule has 2 nitrogen and oxygen atoms in total. The van der Waals surface area contributed by atoms with Crippen LogP contribution in [0, 0.1) is 0 Å². The molecule has 0 amide bonds. The van der Waals surface area contributed by atoms with Gasteiger partial charge in [-0.25, -0.2) is 0 Å². The van der Waals surface area contributed by atoms with Crippen molar-refractivity contribution >= 4 is 5.69 Å². The van der Waals surface area contributed by atoms with Crippen LogP contribution in [0.5, 0.6) is 0 Å². The lowest BCUT2D eigenvalue weighted by Crippen LogP contribution is -2.31. The van der Waals surface area contributed by atoms with Gasteiger partial charge in [-0.2, -0.15) is 0 Å². The lowest BCUT2D eigenvalue weighted by Gasteiger charge is -2.30. The Balaban J connectivity index is 2.09. The Kier molecular flexibility index (Phi) is 4.43. The van der Waals surface area contributed by atoms with Crippen molar-refractivity contribution in [1.82, 2.24) is 5.32 Å². The van der Waals surface area contributed by atoms with E-state index in [-0.39, 0.29) is 0 Å². The number of hydrogen-bond acceptors (Lipinski definition) is 2. The first kappa shape index (κ1) is 12.4. The number of nitrogens with one attached hydrogen (secondary N) is 1. The molecule has 17 heavy (non-hydrogen) atoms. The van der Waals surface area contributed by atoms with Gasteiger partial charge >= 0.3 is 0 Å². The third-order valence-electron chi connectivity index (χ3n) is 3.39. The predicted molar refractivity (Wildman–Crippen MR) is 74.5 cm³/mol. The molecule has 1 fully saturated rings. The number of anilines is 1. The van der Waals surface area contributed by atoms with E-state index in [0.29, 0.717) is 6.04 Å². The molecule has 1 heterocycles. The minimum absolute atomic E-state index is 0.546. The van der Waals surface area contributed by atoms with Crippen molar-refractivity contribution in [3.8, 4) is 0 Å². The van der Waals surface area contributed by atoms with Crippen LogP contribution >= 0.6 is 0 Å². The van der Waals surface area contributed by atoms with Gasteiger partial charge in [0.15, 0.2) is 0 Å². The Bertz CT molecular complexity index is 341. The van der Waals surface area contributed by atoms with Gasteiger partial charge < -0.3 is 10.2 Å². The van der Waals surface area contributed by atoms with Crippen molar-refractivity contribution in [1.29, 1.82) is 0 Å². The summed E-state index contributed by atoms with van der Waals surface area (Å²) in [6, 6.07) is 9.36. The smallest absolute Gasteiger partial charge is 0.0411 e. The largest absolute Gasteiger partial charge is 0.371 e. The van der Waals surface area contributed by atoms with Crippen LogP contribution in [0.3, 0.4) is 0 Å². The second-order valence-electron chi connectivity index (χ2n) is 5.21. The van der Waals surface area contributed by atoms with E-state index in [0.717, 1.165) is 6.54 Å². The maximum atomic E-state index is 3.51. The maximum Gasteiger partial charge on any atom is 0.0411 e. The second-order valence-corrected chi connectivity index (χ2v) is 5.21. The molecule has 0 aromatic heterocycles. The van der Waals surface area contributed by atoms with Gasteiger partial charge in [0.1, 0.15) is 0 Å². The SMILES string of the molecule is CC(C)NCc1ccccc1N1CCCCC1. The molecule has 0 unspecified atom stereocenters. The van der Waals surface area contributed by atoms with Crippen LogP contribution in [0.2, 0.25) is 0 Å². The van der Waals surface area contributed by atoms with E-state index in [9.17, 15) is 0 Å². The first-order valence-corrected chi connectivity index (χ1v) is 6.83. The Hall–Kier alpha value is -1.02. The highest BCUT2D eigenvalue weighted by Crippen LogP contribution is 2.23. The molecule has 1 saturated heterocycles. The molecule has 94 valence electrons. The summed E-state index contributed by atoms with van der Waals surface area (Å²) in [5.74, 6) is 0. The topological polar surface area (TPSA) is 15.3 Å². The molecule has 1 aromatic carbocycles. The van der Waals surface area contributed by atoms with Crippen molar-refractivity contribution in [2.45, 2.75) is 45.7 Å². The normalized spacial score (nSPS) is 16.5. The number of rotatable bonds is 4. The van der Waals surface area contributed by atoms with Gasteiger partial charge in [0.05, 0.1) is 0 Å². The highest BCUT2D eigenvalue weighted by atomic mass is 15.1. The molecule has 1 aliphatic heterocycles. The van der Waals surface area contributed by atoms with Gasteiger partial charge in [0, 0.05) is 31.4 Å². The molecular formula is C15H24N2. The molecule has 0 saturated carbocycles. The molecular weight excluding hydrogens is 208 g/mol. The Morgan fingerprint density at radius 3 is 2.53 bits per heavy atom. The molecule has 0 spiro atoms. The van der Waals surface area contributed by atoms with Crippen LogP contribution in [0.1, 0.15) is 38.7 Å². The Labute approximate surface area is 105 Å². The van der Waals surface area contributed by atoms with Gasteiger partial charge in [-0.05, 0) is 30.9 Å². The van der Waals surface area contributed by atoms with Crippen molar-refractivity contribution in [3.63, 3.8) is 0 Å². The summed E-state index contributed by atoms with van der Waals surface area (Å²) in [4.78, 5) is 2.54. The van der Waals surface area contributed by atoms with Crippen LogP contribution in [0.25, 0.3) is 0 Å². The summed E-state index contributed by atoms with van der Waals surface area (Å²) in [6.07, 6.45) is 4.07. The average molecular weight is 232 g/mol. The molecule has 0 bridgehead atoms. The number of para-hydroxylation sites is 1. The molecule has 2 rings (SSSR count). The van der Waals surface area contributed by atoms with Crippen LogP contribution in [0.15, 0.2) is 24.3 Å². The molecule has 0 radical (unpaired) electrons. The monoisotopic (exact) mass is 232 g/mol. The Morgan fingerprint density at radius 2 is 1.82 bits per heavy atom. The van der Waals surface area contributed by atoms with Gasteiger partial charge in [-0.15, -0.1) is 0 Å². The number of hydrogen-bond donors (Lipinski definition) is 1. The van der Waals surface area contributed by atoms with Crippen LogP contribution in [-0.2, 0) is 6.54 Å². The van der Waals surface area contributed by atoms with Crippen molar-refractivity contribution in [3.05, 3.63) is 29.8 Å². The summed E-state index contributed by atoms with van der Waals surface area (Å²) >= 11 is 0. The standard InChI is InChI=1S/C15H24N2/c1-13(2)16-12-14-8-4-5-9-15(14)17-10-6-3-7-11-17/h4-5,8-9,13,16H,3,6-7,10-12H2,1-2H3. The third-order valence-corrected chi connectivity index (χ3v) is 3.39. The summed E-state index contributed by atoms with van der Waals surface area (Å²) in [6.45, 7) is 7.81. The number of nitrogens with zero attached hydrogens (tertiary/aromatic N) is 1. The zero-order valence-corrected chi connectivity index (χ0v) is 11.1. The van der Waals surface area contributed by atoms with Gasteiger partial charge in [-0.1, -0.05) is 32.0 Å². The predicted octanol–water partition coefficient (Wildman–Crippen LogP) is 3.17. The van der Waals surface area contributed by atoms with Crippen LogP contribution < -0.4 is 10.2 Å². The number of benzene rings is 1. The van der Waals surface area contributed by atoms with E-state index in [2.05, 4.69) is 48.3 Å². The maximum absolute atomic E-state index is 3.51. The molecule has 1 aliphatic rings. The second kappa shape index (κ2) is 6.06. The molecule has 0 aliphatic carbocycles. The quantitative estimate of drug-likeness (QED) is 0.857. The molecule has 2 heteroatoms. The molecule has 1 aromatic rings. The summed E-state index contributed by atoms with van der Waals surface area (Å²) in [5.41, 5.74) is 2.86. The van der Waals surface area contributed by atoms with Crippen LogP contribution in [-0.4, -0.2) is 19.1 Å². The summed E-state index contributed by atoms with van der Waals surface area (Å²) in [7, 11) is 0. The van der Waals surface area contributed by atoms with Gasteiger partial charge in [-0.3, -0.25) is 0 Å². The van der Waals surface area contributed by atoms with Gasteiger partial charge in [0.2, 0.25) is 0 Å². The van der Waals surface area contributed by atoms with E-state index < -0.39 is 0 Å². The molecule has 0 atom stereocenters. The van der Waals surface area contributed by atoms with Gasteiger partial charge in [0.25, 0.3) is 0 Å². The lowest BCUT2D eigenvalue weighted by atomic mass is 10.1. The van der Waals surface area contributed by atoms with Crippen LogP contribution in [0.4, 0.5) is 5.69 Å². The van der Waals surface area contributed by atoms with E-state index in [1.54, 1.807) is 0 Å². The Morgan fingerprint density at radius 1 is 1.12 bits per heavy atom. The van der Waals surface area contributed by atoms with E-state index in [4.69, 9.17) is 0 Å². The fourth-order valence-electron chi connectivity index (χ4n) is 2.42. The van der Waals surface area contributed by atoms with Crippen molar-refractivity contribution < 1.29 is 0 Å². The number of piperidine rings is 1. The highest BCUT2D eigenvalue weighted by Gasteiger charge is 2.13. The highest BCUT2D eigenvalue weighted by molar-refractivity contribution is 5.53. The lowest BCUT2D eigenvalue weighted by molar-refractivity contribution is 0.566. The van der Waals surface area contributed by atoms with E-state index in [1.165, 1.54) is 43.6 Å². The fourth-order valence-corrected chi connectivity index (χ4v) is 2.42. The van der Waals surface area contributed by atoms with Crippen molar-refractivity contribution in [2.75, 3.05) is 18.0 Å². The minimum Gasteiger partial charge on any atom is -0.371 e.